The molecule has 2 heterocycles. The number of hydrogen-bond donors (Lipinski definition) is 1. The van der Waals surface area contributed by atoms with Crippen molar-refractivity contribution < 1.29 is 8.42 Å². The third-order valence-corrected chi connectivity index (χ3v) is 5.38. The van der Waals surface area contributed by atoms with Gasteiger partial charge >= 0.3 is 0 Å². The highest BCUT2D eigenvalue weighted by atomic mass is 32.2. The summed E-state index contributed by atoms with van der Waals surface area (Å²) >= 11 is 1.48. The Hall–Kier alpha value is -2.03. The third-order valence-electron chi connectivity index (χ3n) is 3.14. The van der Waals surface area contributed by atoms with Crippen LogP contribution in [0.1, 0.15) is 11.3 Å². The van der Waals surface area contributed by atoms with E-state index in [4.69, 9.17) is 0 Å². The molecule has 0 amide bonds. The van der Waals surface area contributed by atoms with Crippen molar-refractivity contribution in [3.05, 3.63) is 65.4 Å². The predicted octanol–water partition coefficient (Wildman–Crippen LogP) is 1.99. The van der Waals surface area contributed by atoms with Gasteiger partial charge in [-0.2, -0.15) is 5.10 Å². The Balaban J connectivity index is 1.53. The maximum absolute atomic E-state index is 12.0. The van der Waals surface area contributed by atoms with Gasteiger partial charge in [0.25, 0.3) is 0 Å². The van der Waals surface area contributed by atoms with Crippen LogP contribution in [0.4, 0.5) is 0 Å². The van der Waals surface area contributed by atoms with Crippen molar-refractivity contribution in [2.75, 3.05) is 6.54 Å². The normalized spacial score (nSPS) is 11.7. The molecule has 0 unspecified atom stereocenters. The lowest BCUT2D eigenvalue weighted by Crippen LogP contribution is -2.27. The summed E-state index contributed by atoms with van der Waals surface area (Å²) in [5, 5.41) is 6.81. The van der Waals surface area contributed by atoms with Gasteiger partial charge < -0.3 is 0 Å². The number of aromatic nitrogens is 3. The van der Waals surface area contributed by atoms with Crippen LogP contribution in [0.5, 0.6) is 0 Å². The zero-order valence-corrected chi connectivity index (χ0v) is 13.9. The van der Waals surface area contributed by atoms with Gasteiger partial charge in [-0.15, -0.1) is 11.3 Å². The molecule has 23 heavy (non-hydrogen) atoms. The van der Waals surface area contributed by atoms with Crippen LogP contribution in [-0.2, 0) is 22.2 Å². The first-order valence-electron chi connectivity index (χ1n) is 7.08. The number of nitrogens with one attached hydrogen (secondary N) is 1. The van der Waals surface area contributed by atoms with E-state index in [0.29, 0.717) is 13.0 Å². The average Bonchev–Trinajstić information content (AvgIpc) is 3.18. The van der Waals surface area contributed by atoms with E-state index < -0.39 is 10.0 Å². The summed E-state index contributed by atoms with van der Waals surface area (Å²) in [6.07, 6.45) is 4.07. The van der Waals surface area contributed by atoms with Gasteiger partial charge in [-0.3, -0.25) is 0 Å². The van der Waals surface area contributed by atoms with E-state index in [2.05, 4.69) is 14.8 Å². The second kappa shape index (κ2) is 7.03. The Morgan fingerprint density at radius 2 is 2.00 bits per heavy atom. The van der Waals surface area contributed by atoms with E-state index in [1.54, 1.807) is 23.0 Å². The molecular weight excluding hydrogens is 332 g/mol. The number of hydrogen-bond acceptors (Lipinski definition) is 5. The van der Waals surface area contributed by atoms with Crippen LogP contribution in [-0.4, -0.2) is 29.7 Å². The first-order chi connectivity index (χ1) is 11.1. The lowest BCUT2D eigenvalue weighted by atomic mass is 10.2. The maximum Gasteiger partial charge on any atom is 0.215 e. The molecule has 0 aliphatic carbocycles. The van der Waals surface area contributed by atoms with Gasteiger partial charge in [-0.1, -0.05) is 30.3 Å². The van der Waals surface area contributed by atoms with E-state index in [1.807, 2.05) is 35.8 Å². The van der Waals surface area contributed by atoms with Gasteiger partial charge in [-0.25, -0.2) is 22.8 Å². The second-order valence-corrected chi connectivity index (χ2v) is 7.60. The third kappa shape index (κ3) is 4.47. The van der Waals surface area contributed by atoms with E-state index in [0.717, 1.165) is 16.4 Å². The van der Waals surface area contributed by atoms with Gasteiger partial charge in [0.15, 0.2) is 0 Å². The number of nitrogens with zero attached hydrogens (tertiary/aromatic N) is 3. The van der Waals surface area contributed by atoms with Crippen LogP contribution < -0.4 is 4.72 Å². The molecule has 0 aliphatic heterocycles. The molecule has 0 spiro atoms. The molecule has 0 saturated carbocycles. The molecule has 2 aromatic heterocycles. The van der Waals surface area contributed by atoms with Crippen LogP contribution in [0.2, 0.25) is 0 Å². The summed E-state index contributed by atoms with van der Waals surface area (Å²) in [7, 11) is -3.33. The zero-order chi connectivity index (χ0) is 16.1. The first kappa shape index (κ1) is 15.9. The molecule has 0 radical (unpaired) electrons. The Labute approximate surface area is 138 Å². The molecule has 3 rings (SSSR count). The van der Waals surface area contributed by atoms with E-state index in [-0.39, 0.29) is 5.75 Å². The van der Waals surface area contributed by atoms with E-state index in [9.17, 15) is 8.42 Å². The van der Waals surface area contributed by atoms with Crippen molar-refractivity contribution >= 4 is 21.4 Å². The summed E-state index contributed by atoms with van der Waals surface area (Å²) in [6, 6.07) is 11.0. The lowest BCUT2D eigenvalue weighted by molar-refractivity contribution is 0.580. The molecule has 0 bridgehead atoms. The van der Waals surface area contributed by atoms with Crippen LogP contribution in [0.15, 0.2) is 54.2 Å². The summed E-state index contributed by atoms with van der Waals surface area (Å²) < 4.78 is 28.4. The van der Waals surface area contributed by atoms with Crippen molar-refractivity contribution in [2.45, 2.75) is 12.2 Å². The molecule has 3 aromatic rings. The lowest BCUT2D eigenvalue weighted by Gasteiger charge is -2.05. The van der Waals surface area contributed by atoms with Crippen molar-refractivity contribution in [1.29, 1.82) is 0 Å². The predicted molar refractivity (Wildman–Crippen MR) is 90.0 cm³/mol. The Morgan fingerprint density at radius 1 is 1.17 bits per heavy atom. The minimum Gasteiger partial charge on any atom is -0.223 e. The zero-order valence-electron chi connectivity index (χ0n) is 12.3. The van der Waals surface area contributed by atoms with Gasteiger partial charge in [0.05, 0.1) is 11.4 Å². The van der Waals surface area contributed by atoms with Crippen molar-refractivity contribution in [3.8, 4) is 5.13 Å². The SMILES string of the molecule is O=S(=O)(Cc1ccccc1)NCCc1csc(-n2cccn2)n1. The molecule has 1 aromatic carbocycles. The van der Waals surface area contributed by atoms with Crippen molar-refractivity contribution in [1.82, 2.24) is 19.5 Å². The molecule has 0 atom stereocenters. The molecule has 0 saturated heterocycles. The largest absolute Gasteiger partial charge is 0.223 e. The molecule has 120 valence electrons. The highest BCUT2D eigenvalue weighted by molar-refractivity contribution is 7.88. The topological polar surface area (TPSA) is 76.9 Å². The molecule has 1 N–H and O–H groups in total. The smallest absolute Gasteiger partial charge is 0.215 e. The van der Waals surface area contributed by atoms with Crippen LogP contribution in [0.3, 0.4) is 0 Å². The minimum absolute atomic E-state index is 0.0105. The number of rotatable bonds is 7. The maximum atomic E-state index is 12.0. The fourth-order valence-electron chi connectivity index (χ4n) is 2.08. The Bertz CT molecular complexity index is 843. The molecule has 8 heteroatoms. The average molecular weight is 348 g/mol. The second-order valence-electron chi connectivity index (χ2n) is 4.96. The van der Waals surface area contributed by atoms with Crippen molar-refractivity contribution in [2.24, 2.45) is 0 Å². The Morgan fingerprint density at radius 3 is 2.74 bits per heavy atom. The van der Waals surface area contributed by atoms with E-state index >= 15 is 0 Å². The fourth-order valence-corrected chi connectivity index (χ4v) is 4.02. The van der Waals surface area contributed by atoms with Crippen LogP contribution in [0, 0.1) is 0 Å². The van der Waals surface area contributed by atoms with Crippen LogP contribution >= 0.6 is 11.3 Å². The Kier molecular flexibility index (Phi) is 4.85. The van der Waals surface area contributed by atoms with E-state index in [1.165, 1.54) is 11.3 Å². The quantitative estimate of drug-likeness (QED) is 0.708. The molecular formula is C15H16N4O2S2. The first-order valence-corrected chi connectivity index (χ1v) is 9.61. The fraction of sp³-hybridized carbons (Fsp3) is 0.200. The molecule has 0 fully saturated rings. The van der Waals surface area contributed by atoms with Crippen LogP contribution in [0.25, 0.3) is 5.13 Å². The highest BCUT2D eigenvalue weighted by Crippen LogP contribution is 2.14. The van der Waals surface area contributed by atoms with Gasteiger partial charge in [-0.05, 0) is 11.6 Å². The number of benzene rings is 1. The molecule has 0 aliphatic rings. The summed E-state index contributed by atoms with van der Waals surface area (Å²) in [4.78, 5) is 4.44. The van der Waals surface area contributed by atoms with Gasteiger partial charge in [0, 0.05) is 30.7 Å². The van der Waals surface area contributed by atoms with Gasteiger partial charge in [0.2, 0.25) is 15.2 Å². The summed E-state index contributed by atoms with van der Waals surface area (Å²) in [5.74, 6) is -0.0105. The number of thiazole rings is 1. The van der Waals surface area contributed by atoms with Gasteiger partial charge in [0.1, 0.15) is 0 Å². The van der Waals surface area contributed by atoms with Crippen molar-refractivity contribution in [3.63, 3.8) is 0 Å². The number of sulfonamides is 1. The summed E-state index contributed by atoms with van der Waals surface area (Å²) in [6.45, 7) is 0.331. The minimum atomic E-state index is -3.33. The highest BCUT2D eigenvalue weighted by Gasteiger charge is 2.11. The molecule has 6 nitrogen and oxygen atoms in total. The summed E-state index contributed by atoms with van der Waals surface area (Å²) in [5.41, 5.74) is 1.62. The monoisotopic (exact) mass is 348 g/mol. The standard InChI is InChI=1S/C15H16N4O2S2/c20-23(21,12-13-5-2-1-3-6-13)17-9-7-14-11-22-15(18-14)19-10-4-8-16-19/h1-6,8,10-11,17H,7,9,12H2.